The second-order valence-corrected chi connectivity index (χ2v) is 6.68. The van der Waals surface area contributed by atoms with E-state index in [0.717, 1.165) is 44.5 Å². The van der Waals surface area contributed by atoms with E-state index in [1.807, 2.05) is 4.90 Å². The highest BCUT2D eigenvalue weighted by Gasteiger charge is 2.30. The minimum Gasteiger partial charge on any atom is -0.466 e. The van der Waals surface area contributed by atoms with E-state index in [1.54, 1.807) is 6.92 Å². The predicted octanol–water partition coefficient (Wildman–Crippen LogP) is 2.07. The van der Waals surface area contributed by atoms with Gasteiger partial charge in [0.15, 0.2) is 5.82 Å². The van der Waals surface area contributed by atoms with Gasteiger partial charge in [-0.05, 0) is 38.5 Å². The van der Waals surface area contributed by atoms with Crippen molar-refractivity contribution in [2.75, 3.05) is 19.7 Å². The van der Waals surface area contributed by atoms with Gasteiger partial charge in [0.05, 0.1) is 13.0 Å². The van der Waals surface area contributed by atoms with Crippen LogP contribution in [0.15, 0.2) is 4.52 Å². The van der Waals surface area contributed by atoms with Crippen LogP contribution in [0.1, 0.15) is 63.1 Å². The quantitative estimate of drug-likeness (QED) is 0.709. The van der Waals surface area contributed by atoms with Crippen LogP contribution < -0.4 is 0 Å². The summed E-state index contributed by atoms with van der Waals surface area (Å²) in [7, 11) is 0. The summed E-state index contributed by atoms with van der Waals surface area (Å²) in [5.74, 6) is 2.08. The molecule has 3 rings (SSSR count). The molecule has 7 nitrogen and oxygen atoms in total. The molecular formula is C17H25N3O4. The van der Waals surface area contributed by atoms with Crippen LogP contribution in [0.5, 0.6) is 0 Å². The third-order valence-corrected chi connectivity index (χ3v) is 4.61. The van der Waals surface area contributed by atoms with Crippen molar-refractivity contribution in [2.24, 2.45) is 5.92 Å². The van der Waals surface area contributed by atoms with E-state index in [4.69, 9.17) is 9.26 Å². The van der Waals surface area contributed by atoms with Crippen molar-refractivity contribution in [1.82, 2.24) is 15.0 Å². The third kappa shape index (κ3) is 4.55. The van der Waals surface area contributed by atoms with Gasteiger partial charge in [-0.1, -0.05) is 5.16 Å². The molecule has 1 aromatic heterocycles. The maximum Gasteiger partial charge on any atom is 0.306 e. The second-order valence-electron chi connectivity index (χ2n) is 6.68. The van der Waals surface area contributed by atoms with Crippen LogP contribution in [0.4, 0.5) is 0 Å². The van der Waals surface area contributed by atoms with E-state index in [-0.39, 0.29) is 24.7 Å². The Bertz CT molecular complexity index is 582. The molecule has 1 amide bonds. The van der Waals surface area contributed by atoms with Crippen molar-refractivity contribution >= 4 is 11.9 Å². The van der Waals surface area contributed by atoms with Crippen molar-refractivity contribution in [3.8, 4) is 0 Å². The van der Waals surface area contributed by atoms with Crippen LogP contribution in [0.2, 0.25) is 0 Å². The molecule has 1 aliphatic carbocycles. The summed E-state index contributed by atoms with van der Waals surface area (Å²) in [6, 6.07) is 0. The van der Waals surface area contributed by atoms with Gasteiger partial charge in [0.2, 0.25) is 11.8 Å². The number of carbonyl (C=O) groups excluding carboxylic acids is 2. The third-order valence-electron chi connectivity index (χ3n) is 4.61. The van der Waals surface area contributed by atoms with E-state index in [0.29, 0.717) is 30.9 Å². The van der Waals surface area contributed by atoms with Crippen molar-refractivity contribution in [1.29, 1.82) is 0 Å². The van der Waals surface area contributed by atoms with Gasteiger partial charge in [0, 0.05) is 31.8 Å². The number of carbonyl (C=O) groups is 2. The first-order chi connectivity index (χ1) is 11.7. The minimum atomic E-state index is -0.308. The maximum atomic E-state index is 12.3. The van der Waals surface area contributed by atoms with Crippen molar-refractivity contribution in [3.63, 3.8) is 0 Å². The molecule has 1 saturated heterocycles. The Morgan fingerprint density at radius 3 is 2.88 bits per heavy atom. The van der Waals surface area contributed by atoms with Crippen LogP contribution in [0, 0.1) is 5.92 Å². The first-order valence-corrected chi connectivity index (χ1v) is 8.91. The molecular weight excluding hydrogens is 310 g/mol. The molecule has 0 bridgehead atoms. The molecule has 24 heavy (non-hydrogen) atoms. The van der Waals surface area contributed by atoms with Crippen LogP contribution in [-0.2, 0) is 20.7 Å². The molecule has 0 radical (unpaired) electrons. The average Bonchev–Trinajstić information content (AvgIpc) is 3.33. The Kier molecular flexibility index (Phi) is 5.48. The number of ether oxygens (including phenoxy) is 1. The molecule has 132 valence electrons. The lowest BCUT2D eigenvalue weighted by atomic mass is 9.94. The van der Waals surface area contributed by atoms with E-state index >= 15 is 0 Å². The smallest absolute Gasteiger partial charge is 0.306 e. The van der Waals surface area contributed by atoms with E-state index in [9.17, 15) is 9.59 Å². The number of amides is 1. The summed E-state index contributed by atoms with van der Waals surface area (Å²) in [5, 5.41) is 4.05. The summed E-state index contributed by atoms with van der Waals surface area (Å²) in [5.41, 5.74) is 0. The highest BCUT2D eigenvalue weighted by Crippen LogP contribution is 2.38. The molecule has 1 aliphatic heterocycles. The summed E-state index contributed by atoms with van der Waals surface area (Å²) >= 11 is 0. The Hall–Kier alpha value is -1.92. The Morgan fingerprint density at radius 2 is 2.12 bits per heavy atom. The zero-order valence-electron chi connectivity index (χ0n) is 14.2. The fraction of sp³-hybridized carbons (Fsp3) is 0.765. The molecule has 7 heteroatoms. The zero-order valence-corrected chi connectivity index (χ0v) is 14.2. The number of nitrogens with zero attached hydrogens (tertiary/aromatic N) is 3. The molecule has 2 fully saturated rings. The van der Waals surface area contributed by atoms with Gasteiger partial charge < -0.3 is 14.2 Å². The number of rotatable bonds is 7. The Balaban J connectivity index is 1.46. The van der Waals surface area contributed by atoms with Gasteiger partial charge in [-0.2, -0.15) is 4.98 Å². The first-order valence-electron chi connectivity index (χ1n) is 8.91. The molecule has 2 aliphatic rings. The maximum absolute atomic E-state index is 12.3. The molecule has 0 spiro atoms. The molecule has 0 aromatic carbocycles. The van der Waals surface area contributed by atoms with E-state index in [1.165, 1.54) is 0 Å². The van der Waals surface area contributed by atoms with Crippen LogP contribution in [-0.4, -0.2) is 46.6 Å². The standard InChI is InChI=1S/C17H25N3O4/c1-2-23-16(22)8-7-15(21)20-9-3-4-12(11-20)10-14-18-17(19-24-14)13-5-6-13/h12-13H,2-11H2,1H3/t12-/m1/s1. The largest absolute Gasteiger partial charge is 0.466 e. The second kappa shape index (κ2) is 7.77. The highest BCUT2D eigenvalue weighted by atomic mass is 16.5. The molecule has 0 N–H and O–H groups in total. The fourth-order valence-corrected chi connectivity index (χ4v) is 3.16. The summed E-state index contributed by atoms with van der Waals surface area (Å²) in [6.07, 6.45) is 5.44. The minimum absolute atomic E-state index is 0.0250. The summed E-state index contributed by atoms with van der Waals surface area (Å²) in [4.78, 5) is 30.0. The van der Waals surface area contributed by atoms with Gasteiger partial charge in [0.25, 0.3) is 0 Å². The fourth-order valence-electron chi connectivity index (χ4n) is 3.16. The van der Waals surface area contributed by atoms with Crippen LogP contribution >= 0.6 is 0 Å². The van der Waals surface area contributed by atoms with E-state index < -0.39 is 0 Å². The van der Waals surface area contributed by atoms with Gasteiger partial charge in [0.1, 0.15) is 0 Å². The van der Waals surface area contributed by atoms with Crippen molar-refractivity contribution in [3.05, 3.63) is 11.7 Å². The molecule has 1 atom stereocenters. The normalized spacial score (nSPS) is 20.9. The number of likely N-dealkylation sites (tertiary alicyclic amines) is 1. The highest BCUT2D eigenvalue weighted by molar-refractivity contribution is 5.81. The van der Waals surface area contributed by atoms with Crippen molar-refractivity contribution in [2.45, 2.75) is 57.8 Å². The zero-order chi connectivity index (χ0) is 16.9. The Morgan fingerprint density at radius 1 is 1.29 bits per heavy atom. The SMILES string of the molecule is CCOC(=O)CCC(=O)N1CCC[C@H](Cc2nc(C3CC3)no2)C1. The monoisotopic (exact) mass is 335 g/mol. The first kappa shape index (κ1) is 16.9. The van der Waals surface area contributed by atoms with Crippen LogP contribution in [0.3, 0.4) is 0 Å². The lowest BCUT2D eigenvalue weighted by molar-refractivity contribution is -0.146. The van der Waals surface area contributed by atoms with Gasteiger partial charge >= 0.3 is 5.97 Å². The molecule has 2 heterocycles. The van der Waals surface area contributed by atoms with Crippen molar-refractivity contribution < 1.29 is 18.8 Å². The molecule has 1 aromatic rings. The Labute approximate surface area is 141 Å². The topological polar surface area (TPSA) is 85.5 Å². The number of hydrogen-bond donors (Lipinski definition) is 0. The number of aromatic nitrogens is 2. The van der Waals surface area contributed by atoms with Gasteiger partial charge in [-0.25, -0.2) is 0 Å². The molecule has 1 saturated carbocycles. The van der Waals surface area contributed by atoms with Gasteiger partial charge in [-0.15, -0.1) is 0 Å². The van der Waals surface area contributed by atoms with Gasteiger partial charge in [-0.3, -0.25) is 9.59 Å². The lowest BCUT2D eigenvalue weighted by Gasteiger charge is -2.32. The number of esters is 1. The number of piperidine rings is 1. The average molecular weight is 335 g/mol. The van der Waals surface area contributed by atoms with Crippen LogP contribution in [0.25, 0.3) is 0 Å². The summed E-state index contributed by atoms with van der Waals surface area (Å²) in [6.45, 7) is 3.57. The summed E-state index contributed by atoms with van der Waals surface area (Å²) < 4.78 is 10.2. The number of hydrogen-bond acceptors (Lipinski definition) is 6. The lowest BCUT2D eigenvalue weighted by Crippen LogP contribution is -2.40. The predicted molar refractivity (Wildman–Crippen MR) is 85.1 cm³/mol. The van der Waals surface area contributed by atoms with E-state index in [2.05, 4.69) is 10.1 Å². The molecule has 0 unspecified atom stereocenters.